The van der Waals surface area contributed by atoms with Crippen LogP contribution in [-0.4, -0.2) is 40.6 Å². The minimum atomic E-state index is -0.573. The van der Waals surface area contributed by atoms with Crippen molar-refractivity contribution >= 4 is 17.8 Å². The summed E-state index contributed by atoms with van der Waals surface area (Å²) >= 11 is 0. The topological polar surface area (TPSA) is 115 Å². The minimum absolute atomic E-state index is 0.169. The highest BCUT2D eigenvalue weighted by Crippen LogP contribution is 2.11. The summed E-state index contributed by atoms with van der Waals surface area (Å²) in [5.41, 5.74) is 5.15. The van der Waals surface area contributed by atoms with E-state index in [0.29, 0.717) is 5.95 Å². The maximum atomic E-state index is 11.0. The Morgan fingerprint density at radius 1 is 1.39 bits per heavy atom. The van der Waals surface area contributed by atoms with Crippen LogP contribution >= 0.6 is 0 Å². The number of nitrogens with zero attached hydrogens (tertiary/aromatic N) is 3. The third-order valence-electron chi connectivity index (χ3n) is 2.10. The SMILES string of the molecule is CCCNc1nc(NC(C)C(N)=O)nc(OC)n1. The number of methoxy groups -OCH3 is 1. The highest BCUT2D eigenvalue weighted by molar-refractivity contribution is 5.81. The van der Waals surface area contributed by atoms with Gasteiger partial charge in [-0.15, -0.1) is 0 Å². The molecule has 0 spiro atoms. The minimum Gasteiger partial charge on any atom is -0.467 e. The van der Waals surface area contributed by atoms with Crippen molar-refractivity contribution in [2.24, 2.45) is 5.73 Å². The van der Waals surface area contributed by atoms with Crippen molar-refractivity contribution in [1.29, 1.82) is 0 Å². The molecule has 0 bridgehead atoms. The molecule has 1 atom stereocenters. The molecular weight excluding hydrogens is 236 g/mol. The second-order valence-corrected chi connectivity index (χ2v) is 3.66. The number of aromatic nitrogens is 3. The van der Waals surface area contributed by atoms with Crippen LogP contribution < -0.4 is 21.1 Å². The third-order valence-corrected chi connectivity index (χ3v) is 2.10. The maximum Gasteiger partial charge on any atom is 0.322 e. The second kappa shape index (κ2) is 6.58. The van der Waals surface area contributed by atoms with E-state index in [0.717, 1.165) is 13.0 Å². The number of hydrogen-bond acceptors (Lipinski definition) is 7. The zero-order chi connectivity index (χ0) is 13.5. The Morgan fingerprint density at radius 2 is 2.06 bits per heavy atom. The lowest BCUT2D eigenvalue weighted by Crippen LogP contribution is -2.33. The summed E-state index contributed by atoms with van der Waals surface area (Å²) < 4.78 is 4.96. The van der Waals surface area contributed by atoms with Gasteiger partial charge in [0.15, 0.2) is 0 Å². The fourth-order valence-electron chi connectivity index (χ4n) is 1.09. The van der Waals surface area contributed by atoms with E-state index in [1.807, 2.05) is 6.92 Å². The summed E-state index contributed by atoms with van der Waals surface area (Å²) in [5.74, 6) is 0.145. The monoisotopic (exact) mass is 254 g/mol. The number of hydrogen-bond donors (Lipinski definition) is 3. The zero-order valence-corrected chi connectivity index (χ0v) is 10.7. The van der Waals surface area contributed by atoms with E-state index >= 15 is 0 Å². The number of rotatable bonds is 7. The highest BCUT2D eigenvalue weighted by atomic mass is 16.5. The first-order valence-electron chi connectivity index (χ1n) is 5.66. The first kappa shape index (κ1) is 13.9. The average molecular weight is 254 g/mol. The second-order valence-electron chi connectivity index (χ2n) is 3.66. The molecule has 1 unspecified atom stereocenters. The normalized spacial score (nSPS) is 11.7. The molecule has 0 aromatic carbocycles. The van der Waals surface area contributed by atoms with Gasteiger partial charge < -0.3 is 21.1 Å². The number of nitrogens with two attached hydrogens (primary N) is 1. The summed E-state index contributed by atoms with van der Waals surface area (Å²) in [6.07, 6.45) is 0.939. The number of carbonyl (C=O) groups is 1. The molecule has 1 amide bonds. The zero-order valence-electron chi connectivity index (χ0n) is 10.7. The van der Waals surface area contributed by atoms with E-state index in [-0.39, 0.29) is 12.0 Å². The van der Waals surface area contributed by atoms with Crippen molar-refractivity contribution in [3.63, 3.8) is 0 Å². The van der Waals surface area contributed by atoms with Crippen LogP contribution in [0.1, 0.15) is 20.3 Å². The molecule has 0 aliphatic heterocycles. The maximum absolute atomic E-state index is 11.0. The van der Waals surface area contributed by atoms with E-state index in [2.05, 4.69) is 25.6 Å². The van der Waals surface area contributed by atoms with Crippen molar-refractivity contribution < 1.29 is 9.53 Å². The van der Waals surface area contributed by atoms with Crippen LogP contribution in [-0.2, 0) is 4.79 Å². The Bertz CT molecular complexity index is 411. The summed E-state index contributed by atoms with van der Waals surface area (Å²) in [5, 5.41) is 5.79. The van der Waals surface area contributed by atoms with Crippen molar-refractivity contribution in [2.75, 3.05) is 24.3 Å². The number of ether oxygens (including phenoxy) is 1. The molecule has 1 heterocycles. The van der Waals surface area contributed by atoms with Gasteiger partial charge in [0.25, 0.3) is 0 Å². The third kappa shape index (κ3) is 4.04. The standard InChI is InChI=1S/C10H18N6O2/c1-4-5-12-8-14-9(13-6(2)7(11)17)16-10(15-8)18-3/h6H,4-5H2,1-3H3,(H2,11,17)(H2,12,13,14,15,16). The molecule has 1 aromatic rings. The molecule has 0 saturated heterocycles. The molecular formula is C10H18N6O2. The Hall–Kier alpha value is -2.12. The van der Waals surface area contributed by atoms with Crippen molar-refractivity contribution in [3.8, 4) is 6.01 Å². The lowest BCUT2D eigenvalue weighted by atomic mass is 10.3. The predicted molar refractivity (Wildman–Crippen MR) is 67.4 cm³/mol. The first-order chi connectivity index (χ1) is 8.56. The lowest BCUT2D eigenvalue weighted by molar-refractivity contribution is -0.118. The molecule has 1 aromatic heterocycles. The number of primary amides is 1. The van der Waals surface area contributed by atoms with Crippen LogP contribution in [0.4, 0.5) is 11.9 Å². The number of amides is 1. The van der Waals surface area contributed by atoms with Gasteiger partial charge >= 0.3 is 6.01 Å². The lowest BCUT2D eigenvalue weighted by Gasteiger charge is -2.11. The van der Waals surface area contributed by atoms with E-state index in [1.165, 1.54) is 7.11 Å². The molecule has 18 heavy (non-hydrogen) atoms. The van der Waals surface area contributed by atoms with Crippen LogP contribution in [0.3, 0.4) is 0 Å². The number of carbonyl (C=O) groups excluding carboxylic acids is 1. The Labute approximate surface area is 105 Å². The predicted octanol–water partition coefficient (Wildman–Crippen LogP) is -0.0122. The molecule has 0 fully saturated rings. The summed E-state index contributed by atoms with van der Waals surface area (Å²) in [4.78, 5) is 23.1. The van der Waals surface area contributed by atoms with E-state index in [9.17, 15) is 4.79 Å². The molecule has 0 saturated carbocycles. The molecule has 0 aliphatic carbocycles. The van der Waals surface area contributed by atoms with Crippen LogP contribution in [0.25, 0.3) is 0 Å². The van der Waals surface area contributed by atoms with Gasteiger partial charge in [-0.1, -0.05) is 6.92 Å². The fourth-order valence-corrected chi connectivity index (χ4v) is 1.09. The van der Waals surface area contributed by atoms with Crippen LogP contribution in [0.5, 0.6) is 6.01 Å². The van der Waals surface area contributed by atoms with Gasteiger partial charge in [0.2, 0.25) is 17.8 Å². The fraction of sp³-hybridized carbons (Fsp3) is 0.600. The summed E-state index contributed by atoms with van der Waals surface area (Å²) in [7, 11) is 1.46. The van der Waals surface area contributed by atoms with E-state index < -0.39 is 11.9 Å². The smallest absolute Gasteiger partial charge is 0.322 e. The average Bonchev–Trinajstić information content (AvgIpc) is 2.35. The first-order valence-corrected chi connectivity index (χ1v) is 5.66. The summed E-state index contributed by atoms with van der Waals surface area (Å²) in [6, 6.07) is -0.404. The molecule has 1 rings (SSSR count). The van der Waals surface area contributed by atoms with Crippen LogP contribution in [0.15, 0.2) is 0 Å². The Morgan fingerprint density at radius 3 is 2.61 bits per heavy atom. The number of nitrogens with one attached hydrogen (secondary N) is 2. The highest BCUT2D eigenvalue weighted by Gasteiger charge is 2.12. The van der Waals surface area contributed by atoms with Crippen LogP contribution in [0.2, 0.25) is 0 Å². The number of anilines is 2. The van der Waals surface area contributed by atoms with Gasteiger partial charge in [-0.25, -0.2) is 0 Å². The van der Waals surface area contributed by atoms with Crippen molar-refractivity contribution in [3.05, 3.63) is 0 Å². The largest absolute Gasteiger partial charge is 0.467 e. The van der Waals surface area contributed by atoms with Gasteiger partial charge in [0, 0.05) is 6.54 Å². The molecule has 4 N–H and O–H groups in total. The molecule has 8 heteroatoms. The Kier molecular flexibility index (Phi) is 5.09. The Balaban J connectivity index is 2.86. The van der Waals surface area contributed by atoms with E-state index in [4.69, 9.17) is 10.5 Å². The molecule has 0 aliphatic rings. The quantitative estimate of drug-likeness (QED) is 0.626. The molecule has 8 nitrogen and oxygen atoms in total. The van der Waals surface area contributed by atoms with Crippen molar-refractivity contribution in [2.45, 2.75) is 26.3 Å². The van der Waals surface area contributed by atoms with Crippen molar-refractivity contribution in [1.82, 2.24) is 15.0 Å². The molecule has 0 radical (unpaired) electrons. The van der Waals surface area contributed by atoms with E-state index in [1.54, 1.807) is 6.92 Å². The summed E-state index contributed by atoms with van der Waals surface area (Å²) in [6.45, 7) is 4.38. The van der Waals surface area contributed by atoms with Gasteiger partial charge in [-0.2, -0.15) is 15.0 Å². The van der Waals surface area contributed by atoms with Gasteiger partial charge in [-0.05, 0) is 13.3 Å². The molecule has 100 valence electrons. The van der Waals surface area contributed by atoms with Gasteiger partial charge in [-0.3, -0.25) is 4.79 Å². The van der Waals surface area contributed by atoms with Gasteiger partial charge in [0.1, 0.15) is 6.04 Å². The van der Waals surface area contributed by atoms with Gasteiger partial charge in [0.05, 0.1) is 7.11 Å². The van der Waals surface area contributed by atoms with Crippen LogP contribution in [0, 0.1) is 0 Å².